The molecule has 0 fully saturated rings. The predicted octanol–water partition coefficient (Wildman–Crippen LogP) is 6.63. The normalized spacial score (nSPS) is 11.9. The topological polar surface area (TPSA) is 68.3 Å². The molecule has 0 amide bonds. The second-order valence-corrected chi connectivity index (χ2v) is 8.88. The Kier molecular flexibility index (Phi) is 27.4. The SMILES string of the molecule is CCCC[N+](CCCC)(CCCC)CCCC.O=[S-](=O)C(F)(F)F.O=[S-](=O)C(F)(F)F.[Y+3]. The molecule has 0 atom stereocenters. The summed E-state index contributed by atoms with van der Waals surface area (Å²) in [6, 6.07) is 0. The Balaban J connectivity index is -0.000000217. The molecule has 0 radical (unpaired) electrons. The molecule has 5 nitrogen and oxygen atoms in total. The van der Waals surface area contributed by atoms with Gasteiger partial charge >= 0.3 is 43.7 Å². The van der Waals surface area contributed by atoms with Crippen molar-refractivity contribution in [3.05, 3.63) is 0 Å². The van der Waals surface area contributed by atoms with E-state index in [4.69, 9.17) is 16.8 Å². The maximum absolute atomic E-state index is 10.6. The Hall–Kier alpha value is 0.544. The first-order valence-electron chi connectivity index (χ1n) is 10.3. The van der Waals surface area contributed by atoms with Crippen molar-refractivity contribution in [1.82, 2.24) is 0 Å². The summed E-state index contributed by atoms with van der Waals surface area (Å²) in [7, 11) is -7.87. The molecule has 0 N–H and O–H groups in total. The first kappa shape index (κ1) is 39.7. The maximum Gasteiger partial charge on any atom is 3.00 e. The Morgan fingerprint density at radius 3 is 0.781 bits per heavy atom. The van der Waals surface area contributed by atoms with Gasteiger partial charge in [-0.05, 0) is 25.7 Å². The van der Waals surface area contributed by atoms with E-state index in [1.54, 1.807) is 0 Å². The predicted molar refractivity (Wildman–Crippen MR) is 109 cm³/mol. The third-order valence-electron chi connectivity index (χ3n) is 4.32. The molecule has 0 aliphatic heterocycles. The van der Waals surface area contributed by atoms with E-state index in [2.05, 4.69) is 27.7 Å². The zero-order valence-corrected chi connectivity index (χ0v) is 23.7. The van der Waals surface area contributed by atoms with E-state index in [1.807, 2.05) is 0 Å². The summed E-state index contributed by atoms with van der Waals surface area (Å²) in [4.78, 5) is 0. The second-order valence-electron chi connectivity index (χ2n) is 7.01. The number of hydrogen-bond acceptors (Lipinski definition) is 6. The molecule has 192 valence electrons. The van der Waals surface area contributed by atoms with Gasteiger partial charge in [-0.2, -0.15) is 26.3 Å². The fourth-order valence-corrected chi connectivity index (χ4v) is 2.64. The van der Waals surface area contributed by atoms with Gasteiger partial charge in [0.15, 0.2) is 0 Å². The first-order chi connectivity index (χ1) is 14.1. The Bertz CT molecular complexity index is 497. The van der Waals surface area contributed by atoms with Gasteiger partial charge in [0.2, 0.25) is 0 Å². The smallest absolute Gasteiger partial charge is 0.416 e. The molecule has 0 aliphatic carbocycles. The molecule has 0 bridgehead atoms. The van der Waals surface area contributed by atoms with Gasteiger partial charge in [0.05, 0.1) is 26.2 Å². The Labute approximate surface area is 217 Å². The first-order valence-corrected chi connectivity index (χ1v) is 12.5. The summed E-state index contributed by atoms with van der Waals surface area (Å²) in [5.74, 6) is 0. The van der Waals surface area contributed by atoms with E-state index in [1.165, 1.54) is 82.0 Å². The van der Waals surface area contributed by atoms with E-state index in [9.17, 15) is 26.3 Å². The largest absolute Gasteiger partial charge is 3.00 e. The summed E-state index contributed by atoms with van der Waals surface area (Å²) in [6.07, 6.45) is 11.1. The Morgan fingerprint density at radius 1 is 0.531 bits per heavy atom. The van der Waals surface area contributed by atoms with Gasteiger partial charge in [-0.25, -0.2) is 0 Å². The van der Waals surface area contributed by atoms with Crippen molar-refractivity contribution in [2.24, 2.45) is 0 Å². The van der Waals surface area contributed by atoms with Crippen LogP contribution in [0, 0.1) is 0 Å². The van der Waals surface area contributed by atoms with Gasteiger partial charge in [-0.1, -0.05) is 53.4 Å². The molecule has 14 heteroatoms. The van der Waals surface area contributed by atoms with Gasteiger partial charge in [0.25, 0.3) is 0 Å². The average Bonchev–Trinajstić information content (AvgIpc) is 2.66. The van der Waals surface area contributed by atoms with Crippen molar-refractivity contribution in [1.29, 1.82) is 0 Å². The minimum Gasteiger partial charge on any atom is -0.416 e. The molecule has 0 aromatic rings. The van der Waals surface area contributed by atoms with Gasteiger partial charge in [-0.3, -0.25) is 0 Å². The average molecular weight is 598 g/mol. The molecule has 0 aromatic heterocycles. The van der Waals surface area contributed by atoms with Crippen molar-refractivity contribution in [2.45, 2.75) is 90.1 Å². The number of hydrogen-bond donors (Lipinski definition) is 0. The third kappa shape index (κ3) is 25.2. The van der Waals surface area contributed by atoms with Crippen molar-refractivity contribution >= 4 is 21.4 Å². The molecular weight excluding hydrogens is 561 g/mol. The van der Waals surface area contributed by atoms with Crippen LogP contribution in [0.25, 0.3) is 0 Å². The fourth-order valence-electron chi connectivity index (χ4n) is 2.64. The van der Waals surface area contributed by atoms with E-state index in [0.29, 0.717) is 0 Å². The zero-order chi connectivity index (χ0) is 25.1. The summed E-state index contributed by atoms with van der Waals surface area (Å²) < 4.78 is 100. The van der Waals surface area contributed by atoms with E-state index < -0.39 is 32.4 Å². The van der Waals surface area contributed by atoms with Gasteiger partial charge in [0, 0.05) is 21.4 Å². The van der Waals surface area contributed by atoms with Crippen LogP contribution in [0.2, 0.25) is 0 Å². The summed E-state index contributed by atoms with van der Waals surface area (Å²) >= 11 is 0. The second kappa shape index (κ2) is 22.0. The molecule has 0 saturated heterocycles. The Morgan fingerprint density at radius 2 is 0.688 bits per heavy atom. The van der Waals surface area contributed by atoms with E-state index in [-0.39, 0.29) is 32.7 Å². The molecule has 0 heterocycles. The van der Waals surface area contributed by atoms with Crippen LogP contribution in [0.15, 0.2) is 0 Å². The van der Waals surface area contributed by atoms with Gasteiger partial charge < -0.3 is 21.3 Å². The molecule has 0 saturated carbocycles. The number of rotatable bonds is 12. The number of unbranched alkanes of at least 4 members (excludes halogenated alkanes) is 4. The van der Waals surface area contributed by atoms with Crippen LogP contribution in [0.1, 0.15) is 79.1 Å². The molecule has 0 unspecified atom stereocenters. The number of quaternary nitrogens is 1. The monoisotopic (exact) mass is 597 g/mol. The van der Waals surface area contributed by atoms with Crippen LogP contribution >= 0.6 is 0 Å². The van der Waals surface area contributed by atoms with Crippen LogP contribution in [-0.4, -0.2) is 41.7 Å². The third-order valence-corrected chi connectivity index (χ3v) is 5.08. The molecular formula is C18H36F6NO4S2Y+2. The molecule has 0 rings (SSSR count). The summed E-state index contributed by atoms with van der Waals surface area (Å²) in [6.45, 7) is 15.0. The van der Waals surface area contributed by atoms with E-state index in [0.717, 1.165) is 0 Å². The minimum absolute atomic E-state index is 0. The molecule has 0 aromatic carbocycles. The zero-order valence-electron chi connectivity index (χ0n) is 19.2. The van der Waals surface area contributed by atoms with Gasteiger partial charge in [-0.15, -0.1) is 0 Å². The fraction of sp³-hybridized carbons (Fsp3) is 1.00. The maximum atomic E-state index is 10.6. The van der Waals surface area contributed by atoms with Crippen LogP contribution in [0.4, 0.5) is 26.3 Å². The van der Waals surface area contributed by atoms with Crippen molar-refractivity contribution in [3.63, 3.8) is 0 Å². The molecule has 0 spiro atoms. The summed E-state index contributed by atoms with van der Waals surface area (Å²) in [5, 5.41) is 0. The van der Waals surface area contributed by atoms with Gasteiger partial charge in [0.1, 0.15) is 0 Å². The van der Waals surface area contributed by atoms with Crippen LogP contribution in [0.5, 0.6) is 0 Å². The van der Waals surface area contributed by atoms with Crippen molar-refractivity contribution in [2.75, 3.05) is 26.2 Å². The number of nitrogens with zero attached hydrogens (tertiary/aromatic N) is 1. The van der Waals surface area contributed by atoms with E-state index >= 15 is 0 Å². The van der Waals surface area contributed by atoms with Crippen LogP contribution in [0.3, 0.4) is 0 Å². The van der Waals surface area contributed by atoms with Crippen LogP contribution in [-0.2, 0) is 71.0 Å². The van der Waals surface area contributed by atoms with Crippen molar-refractivity contribution in [3.8, 4) is 0 Å². The number of alkyl halides is 6. The minimum atomic E-state index is -5.08. The molecule has 32 heavy (non-hydrogen) atoms. The standard InChI is InChI=1S/C16H36N.2CF3O2S.Y/c1-5-9-13-17(14-10-6-2,15-11-7-3)16-12-8-4;2*2-1(3,4)7(5)6;/h5-16H2,1-4H3;;;/q+1;2*-1;+3. The molecule has 0 aliphatic rings. The van der Waals surface area contributed by atoms with Crippen molar-refractivity contribution < 1.29 is 80.4 Å². The number of halogens is 6. The van der Waals surface area contributed by atoms with Crippen LogP contribution < -0.4 is 0 Å². The summed E-state index contributed by atoms with van der Waals surface area (Å²) in [5.41, 5.74) is -10.2. The quantitative estimate of drug-likeness (QED) is 0.144.